The van der Waals surface area contributed by atoms with Crippen LogP contribution in [0, 0.1) is 5.92 Å². The summed E-state index contributed by atoms with van der Waals surface area (Å²) in [6, 6.07) is 6.82. The lowest BCUT2D eigenvalue weighted by molar-refractivity contribution is -0.0498. The summed E-state index contributed by atoms with van der Waals surface area (Å²) in [6.07, 6.45) is 1.10. The molecule has 0 aliphatic heterocycles. The van der Waals surface area contributed by atoms with E-state index < -0.39 is 6.61 Å². The SMILES string of the molecule is NCC1CC1c1ccc(OC(F)F)cc1. The highest BCUT2D eigenvalue weighted by atomic mass is 19.3. The van der Waals surface area contributed by atoms with E-state index in [1.54, 1.807) is 12.1 Å². The molecule has 2 N–H and O–H groups in total. The molecule has 2 atom stereocenters. The highest BCUT2D eigenvalue weighted by Crippen LogP contribution is 2.46. The summed E-state index contributed by atoms with van der Waals surface area (Å²) in [5.74, 6) is 1.28. The number of benzene rings is 1. The molecule has 1 saturated carbocycles. The summed E-state index contributed by atoms with van der Waals surface area (Å²) < 4.78 is 28.0. The van der Waals surface area contributed by atoms with Crippen molar-refractivity contribution in [3.05, 3.63) is 29.8 Å². The second kappa shape index (κ2) is 4.14. The number of hydrogen-bond acceptors (Lipinski definition) is 2. The van der Waals surface area contributed by atoms with Crippen LogP contribution in [-0.4, -0.2) is 13.2 Å². The zero-order chi connectivity index (χ0) is 10.8. The predicted molar refractivity (Wildman–Crippen MR) is 53.0 cm³/mol. The van der Waals surface area contributed by atoms with E-state index in [1.807, 2.05) is 12.1 Å². The third kappa shape index (κ3) is 2.45. The van der Waals surface area contributed by atoms with Crippen molar-refractivity contribution in [1.29, 1.82) is 0 Å². The minimum Gasteiger partial charge on any atom is -0.435 e. The molecule has 2 nitrogen and oxygen atoms in total. The Kier molecular flexibility index (Phi) is 2.86. The van der Waals surface area contributed by atoms with Crippen LogP contribution in [0.5, 0.6) is 5.75 Å². The number of nitrogens with two attached hydrogens (primary N) is 1. The molecule has 0 heterocycles. The third-order valence-electron chi connectivity index (χ3n) is 2.76. The predicted octanol–water partition coefficient (Wildman–Crippen LogP) is 2.35. The number of hydrogen-bond donors (Lipinski definition) is 1. The molecule has 82 valence electrons. The number of rotatable bonds is 4. The van der Waals surface area contributed by atoms with E-state index in [2.05, 4.69) is 4.74 Å². The van der Waals surface area contributed by atoms with Crippen LogP contribution >= 0.6 is 0 Å². The molecular formula is C11H13F2NO. The van der Waals surface area contributed by atoms with Crippen molar-refractivity contribution in [3.8, 4) is 5.75 Å². The maximum absolute atomic E-state index is 11.9. The fourth-order valence-electron chi connectivity index (χ4n) is 1.81. The van der Waals surface area contributed by atoms with Gasteiger partial charge in [0.1, 0.15) is 5.75 Å². The summed E-state index contributed by atoms with van der Waals surface area (Å²) in [5, 5.41) is 0. The van der Waals surface area contributed by atoms with Crippen LogP contribution in [0.4, 0.5) is 8.78 Å². The normalized spacial score (nSPS) is 24.3. The standard InChI is InChI=1S/C11H13F2NO/c12-11(13)15-9-3-1-7(2-4-9)10-5-8(10)6-14/h1-4,8,10-11H,5-6,14H2. The average Bonchev–Trinajstić information content (AvgIpc) is 2.97. The molecule has 1 aliphatic rings. The number of halogens is 2. The minimum absolute atomic E-state index is 0.207. The molecule has 0 saturated heterocycles. The van der Waals surface area contributed by atoms with Crippen molar-refractivity contribution in [2.75, 3.05) is 6.54 Å². The maximum Gasteiger partial charge on any atom is 0.387 e. The van der Waals surface area contributed by atoms with Crippen LogP contribution < -0.4 is 10.5 Å². The first kappa shape index (κ1) is 10.4. The lowest BCUT2D eigenvalue weighted by Gasteiger charge is -2.05. The molecule has 15 heavy (non-hydrogen) atoms. The van der Waals surface area contributed by atoms with Crippen LogP contribution in [0.25, 0.3) is 0 Å². The lowest BCUT2D eigenvalue weighted by atomic mass is 10.1. The van der Waals surface area contributed by atoms with Crippen LogP contribution in [0.3, 0.4) is 0 Å². The van der Waals surface area contributed by atoms with Crippen LogP contribution in [0.1, 0.15) is 17.9 Å². The van der Waals surface area contributed by atoms with E-state index in [1.165, 1.54) is 0 Å². The fourth-order valence-corrected chi connectivity index (χ4v) is 1.81. The molecule has 2 unspecified atom stereocenters. The van der Waals surface area contributed by atoms with Crippen molar-refractivity contribution in [1.82, 2.24) is 0 Å². The molecule has 1 aromatic carbocycles. The van der Waals surface area contributed by atoms with E-state index in [0.29, 0.717) is 18.4 Å². The summed E-state index contributed by atoms with van der Waals surface area (Å²) in [6.45, 7) is -2.06. The van der Waals surface area contributed by atoms with Gasteiger partial charge < -0.3 is 10.5 Å². The van der Waals surface area contributed by atoms with Gasteiger partial charge in [-0.15, -0.1) is 0 Å². The number of alkyl halides is 2. The van der Waals surface area contributed by atoms with Gasteiger partial charge in [-0.05, 0) is 42.5 Å². The van der Waals surface area contributed by atoms with Crippen LogP contribution in [0.2, 0.25) is 0 Å². The zero-order valence-electron chi connectivity index (χ0n) is 8.20. The summed E-state index contributed by atoms with van der Waals surface area (Å²) >= 11 is 0. The van der Waals surface area contributed by atoms with Crippen molar-refractivity contribution < 1.29 is 13.5 Å². The average molecular weight is 213 g/mol. The topological polar surface area (TPSA) is 35.2 Å². The number of ether oxygens (including phenoxy) is 1. The second-order valence-corrected chi connectivity index (χ2v) is 3.79. The second-order valence-electron chi connectivity index (χ2n) is 3.79. The molecular weight excluding hydrogens is 200 g/mol. The van der Waals surface area contributed by atoms with E-state index in [0.717, 1.165) is 12.0 Å². The molecule has 0 amide bonds. The molecule has 1 aliphatic carbocycles. The first-order valence-electron chi connectivity index (χ1n) is 4.95. The molecule has 0 aromatic heterocycles. The highest BCUT2D eigenvalue weighted by molar-refractivity contribution is 5.32. The smallest absolute Gasteiger partial charge is 0.387 e. The lowest BCUT2D eigenvalue weighted by Crippen LogP contribution is -2.03. The van der Waals surface area contributed by atoms with Gasteiger partial charge in [0.05, 0.1) is 0 Å². The van der Waals surface area contributed by atoms with Gasteiger partial charge >= 0.3 is 6.61 Å². The van der Waals surface area contributed by atoms with Gasteiger partial charge in [-0.3, -0.25) is 0 Å². The Bertz CT molecular complexity index is 326. The van der Waals surface area contributed by atoms with Crippen LogP contribution in [0.15, 0.2) is 24.3 Å². The van der Waals surface area contributed by atoms with Gasteiger partial charge in [0, 0.05) is 0 Å². The van der Waals surface area contributed by atoms with Gasteiger partial charge in [0.15, 0.2) is 0 Å². The van der Waals surface area contributed by atoms with E-state index in [-0.39, 0.29) is 5.75 Å². The van der Waals surface area contributed by atoms with Gasteiger partial charge in [-0.1, -0.05) is 12.1 Å². The van der Waals surface area contributed by atoms with Gasteiger partial charge in [0.25, 0.3) is 0 Å². The molecule has 2 rings (SSSR count). The van der Waals surface area contributed by atoms with Gasteiger partial charge in [-0.25, -0.2) is 0 Å². The first-order chi connectivity index (χ1) is 7.20. The Balaban J connectivity index is 1.99. The molecule has 1 fully saturated rings. The Labute approximate surface area is 87.0 Å². The molecule has 1 aromatic rings. The zero-order valence-corrected chi connectivity index (χ0v) is 8.20. The largest absolute Gasteiger partial charge is 0.435 e. The van der Waals surface area contributed by atoms with Crippen molar-refractivity contribution in [3.63, 3.8) is 0 Å². The van der Waals surface area contributed by atoms with Crippen molar-refractivity contribution in [2.45, 2.75) is 19.0 Å². The fraction of sp³-hybridized carbons (Fsp3) is 0.455. The van der Waals surface area contributed by atoms with E-state index in [4.69, 9.17) is 5.73 Å². The molecule has 0 spiro atoms. The first-order valence-corrected chi connectivity index (χ1v) is 4.95. The quantitative estimate of drug-likeness (QED) is 0.833. The van der Waals surface area contributed by atoms with E-state index in [9.17, 15) is 8.78 Å². The van der Waals surface area contributed by atoms with Crippen LogP contribution in [-0.2, 0) is 0 Å². The highest BCUT2D eigenvalue weighted by Gasteiger charge is 2.36. The Morgan fingerprint density at radius 2 is 2.00 bits per heavy atom. The summed E-state index contributed by atoms with van der Waals surface area (Å²) in [5.41, 5.74) is 6.69. The third-order valence-corrected chi connectivity index (χ3v) is 2.76. The maximum atomic E-state index is 11.9. The van der Waals surface area contributed by atoms with Crippen molar-refractivity contribution >= 4 is 0 Å². The minimum atomic E-state index is -2.76. The summed E-state index contributed by atoms with van der Waals surface area (Å²) in [7, 11) is 0. The molecule has 4 heteroatoms. The van der Waals surface area contributed by atoms with Crippen molar-refractivity contribution in [2.24, 2.45) is 11.7 Å². The Hall–Kier alpha value is -1.16. The monoisotopic (exact) mass is 213 g/mol. The van der Waals surface area contributed by atoms with E-state index >= 15 is 0 Å². The molecule has 0 bridgehead atoms. The Morgan fingerprint density at radius 1 is 1.33 bits per heavy atom. The van der Waals surface area contributed by atoms with Gasteiger partial charge in [-0.2, -0.15) is 8.78 Å². The molecule has 0 radical (unpaired) electrons. The van der Waals surface area contributed by atoms with Gasteiger partial charge in [0.2, 0.25) is 0 Å². The Morgan fingerprint density at radius 3 is 2.47 bits per heavy atom. The summed E-state index contributed by atoms with van der Waals surface area (Å²) in [4.78, 5) is 0.